The number of hydrogen-bond acceptors (Lipinski definition) is 0. The highest BCUT2D eigenvalue weighted by Crippen LogP contribution is 2.15. The molecule has 0 nitrogen and oxygen atoms in total. The third-order valence-corrected chi connectivity index (χ3v) is 2.15. The summed E-state index contributed by atoms with van der Waals surface area (Å²) in [7, 11) is 0. The van der Waals surface area contributed by atoms with Gasteiger partial charge in [-0.2, -0.15) is 0 Å². The average molecular weight is 226 g/mol. The second-order valence-electron chi connectivity index (χ2n) is 3.45. The van der Waals surface area contributed by atoms with E-state index in [1.54, 1.807) is 6.08 Å². The van der Waals surface area contributed by atoms with E-state index in [0.29, 0.717) is 0 Å². The van der Waals surface area contributed by atoms with Crippen LogP contribution < -0.4 is 0 Å². The highest BCUT2D eigenvalue weighted by atomic mass is 14.0. The zero-order chi connectivity index (χ0) is 12.9. The predicted octanol–water partition coefficient (Wildman–Crippen LogP) is 5.31. The summed E-state index contributed by atoms with van der Waals surface area (Å²) in [6.07, 6.45) is 19.8. The monoisotopic (exact) mass is 226 g/mol. The first-order valence-corrected chi connectivity index (χ1v) is 5.84. The third-order valence-electron chi connectivity index (χ3n) is 2.15. The lowest BCUT2D eigenvalue weighted by atomic mass is 10.0. The van der Waals surface area contributed by atoms with Crippen molar-refractivity contribution in [2.24, 2.45) is 0 Å². The van der Waals surface area contributed by atoms with Crippen LogP contribution in [0, 0.1) is 0 Å². The summed E-state index contributed by atoms with van der Waals surface area (Å²) in [6.45, 7) is 13.2. The molecule has 0 rings (SSSR count). The summed E-state index contributed by atoms with van der Waals surface area (Å²) < 4.78 is 0. The van der Waals surface area contributed by atoms with Crippen molar-refractivity contribution in [1.29, 1.82) is 0 Å². The van der Waals surface area contributed by atoms with Gasteiger partial charge in [0.05, 0.1) is 0 Å². The minimum Gasteiger partial charge on any atom is -0.103 e. The Hall–Kier alpha value is -1.82. The SMILES string of the molecule is C=C/C=C\C/C=C(C=C)/C(/C=C\C)=C/CC=C. The molecular formula is C17H22. The highest BCUT2D eigenvalue weighted by Gasteiger charge is 1.95. The molecule has 0 amide bonds. The van der Waals surface area contributed by atoms with Crippen LogP contribution >= 0.6 is 0 Å². The van der Waals surface area contributed by atoms with Crippen LogP contribution in [0.15, 0.2) is 85.6 Å². The summed E-state index contributed by atoms with van der Waals surface area (Å²) in [4.78, 5) is 0. The molecule has 0 radical (unpaired) electrons. The quantitative estimate of drug-likeness (QED) is 0.388. The normalized spacial score (nSPS) is 13.2. The van der Waals surface area contributed by atoms with Crippen LogP contribution in [0.3, 0.4) is 0 Å². The average Bonchev–Trinajstić information content (AvgIpc) is 2.35. The highest BCUT2D eigenvalue weighted by molar-refractivity contribution is 5.46. The van der Waals surface area contributed by atoms with Gasteiger partial charge in [0.25, 0.3) is 0 Å². The Morgan fingerprint density at radius 2 is 1.71 bits per heavy atom. The maximum Gasteiger partial charge on any atom is -0.0157 e. The van der Waals surface area contributed by atoms with Crippen molar-refractivity contribution in [3.8, 4) is 0 Å². The van der Waals surface area contributed by atoms with E-state index in [4.69, 9.17) is 0 Å². The van der Waals surface area contributed by atoms with Gasteiger partial charge in [0.1, 0.15) is 0 Å². The fourth-order valence-corrected chi connectivity index (χ4v) is 1.36. The molecule has 0 aliphatic heterocycles. The lowest BCUT2D eigenvalue weighted by Gasteiger charge is -2.03. The summed E-state index contributed by atoms with van der Waals surface area (Å²) in [6, 6.07) is 0. The van der Waals surface area contributed by atoms with E-state index < -0.39 is 0 Å². The Morgan fingerprint density at radius 1 is 1.00 bits per heavy atom. The molecular weight excluding hydrogens is 204 g/mol. The third kappa shape index (κ3) is 7.13. The van der Waals surface area contributed by atoms with Crippen LogP contribution in [0.25, 0.3) is 0 Å². The van der Waals surface area contributed by atoms with Crippen molar-refractivity contribution in [2.45, 2.75) is 19.8 Å². The largest absolute Gasteiger partial charge is 0.103 e. The molecule has 0 heterocycles. The second kappa shape index (κ2) is 10.7. The van der Waals surface area contributed by atoms with Crippen molar-refractivity contribution in [1.82, 2.24) is 0 Å². The van der Waals surface area contributed by atoms with Gasteiger partial charge in [0.2, 0.25) is 0 Å². The molecule has 0 aliphatic carbocycles. The van der Waals surface area contributed by atoms with Crippen LogP contribution in [-0.4, -0.2) is 0 Å². The van der Waals surface area contributed by atoms with E-state index in [0.717, 1.165) is 18.4 Å². The van der Waals surface area contributed by atoms with Gasteiger partial charge in [0.15, 0.2) is 0 Å². The molecule has 0 atom stereocenters. The van der Waals surface area contributed by atoms with E-state index >= 15 is 0 Å². The van der Waals surface area contributed by atoms with Crippen molar-refractivity contribution in [3.05, 3.63) is 85.6 Å². The van der Waals surface area contributed by atoms with Gasteiger partial charge in [-0.15, -0.1) is 6.58 Å². The van der Waals surface area contributed by atoms with Gasteiger partial charge in [-0.3, -0.25) is 0 Å². The zero-order valence-electron chi connectivity index (χ0n) is 10.7. The van der Waals surface area contributed by atoms with Gasteiger partial charge < -0.3 is 0 Å². The van der Waals surface area contributed by atoms with E-state index in [9.17, 15) is 0 Å². The first-order chi connectivity index (χ1) is 8.29. The maximum atomic E-state index is 3.86. The van der Waals surface area contributed by atoms with E-state index in [1.165, 1.54) is 5.57 Å². The number of hydrogen-bond donors (Lipinski definition) is 0. The maximum absolute atomic E-state index is 3.86. The molecule has 0 aromatic rings. The second-order valence-corrected chi connectivity index (χ2v) is 3.45. The summed E-state index contributed by atoms with van der Waals surface area (Å²) in [5.74, 6) is 0. The molecule has 0 fully saturated rings. The van der Waals surface area contributed by atoms with E-state index in [-0.39, 0.29) is 0 Å². The van der Waals surface area contributed by atoms with Gasteiger partial charge in [-0.1, -0.05) is 67.8 Å². The predicted molar refractivity (Wildman–Crippen MR) is 79.9 cm³/mol. The molecule has 0 bridgehead atoms. The molecule has 0 aromatic carbocycles. The van der Waals surface area contributed by atoms with Gasteiger partial charge in [-0.25, -0.2) is 0 Å². The minimum absolute atomic E-state index is 0.868. The molecule has 0 unspecified atom stereocenters. The van der Waals surface area contributed by atoms with Gasteiger partial charge in [0, 0.05) is 0 Å². The fourth-order valence-electron chi connectivity index (χ4n) is 1.36. The summed E-state index contributed by atoms with van der Waals surface area (Å²) >= 11 is 0. The molecule has 0 spiro atoms. The molecule has 17 heavy (non-hydrogen) atoms. The summed E-state index contributed by atoms with van der Waals surface area (Å²) in [5.41, 5.74) is 2.34. The Morgan fingerprint density at radius 3 is 2.24 bits per heavy atom. The van der Waals surface area contributed by atoms with Crippen LogP contribution in [0.2, 0.25) is 0 Å². The van der Waals surface area contributed by atoms with Crippen molar-refractivity contribution >= 4 is 0 Å². The molecule has 0 saturated heterocycles. The van der Waals surface area contributed by atoms with E-state index in [1.807, 2.05) is 31.2 Å². The van der Waals surface area contributed by atoms with Crippen LogP contribution in [0.5, 0.6) is 0 Å². The minimum atomic E-state index is 0.868. The lowest BCUT2D eigenvalue weighted by Crippen LogP contribution is -1.83. The Kier molecular flexibility index (Phi) is 9.55. The first kappa shape index (κ1) is 15.2. The van der Waals surface area contributed by atoms with E-state index in [2.05, 4.69) is 44.0 Å². The van der Waals surface area contributed by atoms with Gasteiger partial charge in [-0.05, 0) is 30.9 Å². The molecule has 90 valence electrons. The van der Waals surface area contributed by atoms with Crippen LogP contribution in [0.4, 0.5) is 0 Å². The van der Waals surface area contributed by atoms with Crippen molar-refractivity contribution in [3.63, 3.8) is 0 Å². The molecule has 0 N–H and O–H groups in total. The Bertz CT molecular complexity index is 359. The smallest absolute Gasteiger partial charge is 0.0157 e. The molecule has 0 heteroatoms. The zero-order valence-corrected chi connectivity index (χ0v) is 10.7. The van der Waals surface area contributed by atoms with Crippen molar-refractivity contribution in [2.75, 3.05) is 0 Å². The molecule has 0 aromatic heterocycles. The van der Waals surface area contributed by atoms with Gasteiger partial charge >= 0.3 is 0 Å². The van der Waals surface area contributed by atoms with Crippen molar-refractivity contribution < 1.29 is 0 Å². The standard InChI is InChI=1S/C17H22/c1-5-9-11-12-15-16(8-4)17(13-7-3)14-10-6-2/h5-9,11,13-15H,1-2,4,10,12H2,3H3/b11-9-,13-7-,16-15+,17-14+. The molecule has 0 saturated carbocycles. The lowest BCUT2D eigenvalue weighted by molar-refractivity contribution is 1.31. The first-order valence-electron chi connectivity index (χ1n) is 5.84. The van der Waals surface area contributed by atoms with Crippen LogP contribution in [-0.2, 0) is 0 Å². The topological polar surface area (TPSA) is 0 Å². The molecule has 0 aliphatic rings. The number of allylic oxidation sites excluding steroid dienone is 11. The fraction of sp³-hybridized carbons (Fsp3) is 0.176. The number of rotatable bonds is 8. The Labute approximate surface area is 106 Å². The van der Waals surface area contributed by atoms with Crippen LogP contribution in [0.1, 0.15) is 19.8 Å². The Balaban J connectivity index is 4.88. The summed E-state index contributed by atoms with van der Waals surface area (Å²) in [5, 5.41) is 0.